The molecule has 116 valence electrons. The lowest BCUT2D eigenvalue weighted by Crippen LogP contribution is -2.09. The van der Waals surface area contributed by atoms with Crippen LogP contribution in [0.15, 0.2) is 43.1 Å². The quantitative estimate of drug-likeness (QED) is 0.493. The number of hydrogen-bond donors (Lipinski definition) is 3. The Bertz CT molecular complexity index is 868. The minimum Gasteiger partial charge on any atom is -0.404 e. The minimum atomic E-state index is -0.483. The van der Waals surface area contributed by atoms with Crippen LogP contribution in [-0.2, 0) is 6.54 Å². The van der Waals surface area contributed by atoms with Gasteiger partial charge in [-0.3, -0.25) is 9.98 Å². The van der Waals surface area contributed by atoms with E-state index in [9.17, 15) is 4.39 Å². The predicted molar refractivity (Wildman–Crippen MR) is 83.3 cm³/mol. The van der Waals surface area contributed by atoms with E-state index in [1.165, 1.54) is 23.2 Å². The second-order valence-corrected chi connectivity index (χ2v) is 4.57. The molecule has 23 heavy (non-hydrogen) atoms. The maximum Gasteiger partial charge on any atom is 0.167 e. The Labute approximate surface area is 130 Å². The summed E-state index contributed by atoms with van der Waals surface area (Å²) < 4.78 is 14.3. The van der Waals surface area contributed by atoms with E-state index in [1.54, 1.807) is 12.1 Å². The van der Waals surface area contributed by atoms with Crippen LogP contribution in [0.2, 0.25) is 0 Å². The predicted octanol–water partition coefficient (Wildman–Crippen LogP) is 1.27. The molecule has 0 radical (unpaired) electrons. The summed E-state index contributed by atoms with van der Waals surface area (Å²) in [6, 6.07) is 3.54. The van der Waals surface area contributed by atoms with Crippen LogP contribution in [0.1, 0.15) is 5.82 Å². The number of pyridine rings is 1. The highest BCUT2D eigenvalue weighted by molar-refractivity contribution is 5.97. The summed E-state index contributed by atoms with van der Waals surface area (Å²) in [5.41, 5.74) is 6.49. The lowest BCUT2D eigenvalue weighted by atomic mass is 10.4. The highest BCUT2D eigenvalue weighted by atomic mass is 19.1. The third-order valence-corrected chi connectivity index (χ3v) is 3.01. The Hall–Kier alpha value is -3.36. The molecule has 0 aliphatic heterocycles. The van der Waals surface area contributed by atoms with Gasteiger partial charge in [0, 0.05) is 0 Å². The molecule has 0 aliphatic carbocycles. The van der Waals surface area contributed by atoms with Gasteiger partial charge in [-0.1, -0.05) is 0 Å². The lowest BCUT2D eigenvalue weighted by Gasteiger charge is -2.06. The topological polar surface area (TPSA) is 118 Å². The van der Waals surface area contributed by atoms with Crippen molar-refractivity contribution < 1.29 is 4.39 Å². The van der Waals surface area contributed by atoms with E-state index in [-0.39, 0.29) is 5.84 Å². The first-order valence-corrected chi connectivity index (χ1v) is 6.69. The molecule has 3 aromatic rings. The molecule has 0 fully saturated rings. The van der Waals surface area contributed by atoms with Crippen molar-refractivity contribution in [3.05, 3.63) is 54.8 Å². The van der Waals surface area contributed by atoms with Gasteiger partial charge in [0.05, 0.1) is 18.9 Å². The zero-order chi connectivity index (χ0) is 16.2. The third kappa shape index (κ3) is 3.12. The van der Waals surface area contributed by atoms with Crippen LogP contribution in [-0.4, -0.2) is 30.3 Å². The number of nitrogens with one attached hydrogen (secondary N) is 2. The standard InChI is InChI=1S/C14H13FN8/c15-9-5-18-13(19-6-9)7-20-12-2-1-10-14(22-12)23(8-21-10)11(17)3-4-16/h1-6,8,17H,7,16H2,(H,20,22)/b4-3-,17-11?. The van der Waals surface area contributed by atoms with Crippen molar-refractivity contribution in [2.24, 2.45) is 5.73 Å². The van der Waals surface area contributed by atoms with Gasteiger partial charge in [-0.05, 0) is 24.4 Å². The fourth-order valence-electron chi connectivity index (χ4n) is 1.94. The first-order chi connectivity index (χ1) is 11.2. The fourth-order valence-corrected chi connectivity index (χ4v) is 1.94. The van der Waals surface area contributed by atoms with E-state index in [0.717, 1.165) is 12.4 Å². The van der Waals surface area contributed by atoms with Gasteiger partial charge in [0.2, 0.25) is 0 Å². The van der Waals surface area contributed by atoms with E-state index in [1.807, 2.05) is 0 Å². The number of hydrogen-bond acceptors (Lipinski definition) is 7. The van der Waals surface area contributed by atoms with Gasteiger partial charge < -0.3 is 11.1 Å². The Morgan fingerprint density at radius 3 is 2.83 bits per heavy atom. The average Bonchev–Trinajstić information content (AvgIpc) is 2.98. The number of allylic oxidation sites excluding steroid dienone is 1. The molecule has 0 saturated heterocycles. The first-order valence-electron chi connectivity index (χ1n) is 6.69. The maximum absolute atomic E-state index is 12.8. The molecule has 3 heterocycles. The highest BCUT2D eigenvalue weighted by Crippen LogP contribution is 2.14. The summed E-state index contributed by atoms with van der Waals surface area (Å²) in [6.07, 6.45) is 6.44. The van der Waals surface area contributed by atoms with Crippen LogP contribution in [0.25, 0.3) is 11.2 Å². The number of anilines is 1. The zero-order valence-corrected chi connectivity index (χ0v) is 11.9. The van der Waals surface area contributed by atoms with Crippen molar-refractivity contribution in [3.8, 4) is 0 Å². The first kappa shape index (κ1) is 14.6. The van der Waals surface area contributed by atoms with Gasteiger partial charge in [0.1, 0.15) is 29.3 Å². The number of nitrogens with two attached hydrogens (primary N) is 1. The second-order valence-electron chi connectivity index (χ2n) is 4.57. The van der Waals surface area contributed by atoms with Crippen LogP contribution in [0, 0.1) is 11.2 Å². The molecule has 0 aliphatic rings. The summed E-state index contributed by atoms with van der Waals surface area (Å²) >= 11 is 0. The van der Waals surface area contributed by atoms with Gasteiger partial charge in [-0.25, -0.2) is 24.3 Å². The summed E-state index contributed by atoms with van der Waals surface area (Å²) in [5, 5.41) is 10.9. The van der Waals surface area contributed by atoms with Gasteiger partial charge >= 0.3 is 0 Å². The molecule has 0 aromatic carbocycles. The summed E-state index contributed by atoms with van der Waals surface area (Å²) in [7, 11) is 0. The summed E-state index contributed by atoms with van der Waals surface area (Å²) in [5.74, 6) is 0.683. The van der Waals surface area contributed by atoms with Crippen LogP contribution in [0.3, 0.4) is 0 Å². The van der Waals surface area contributed by atoms with Crippen molar-refractivity contribution in [1.29, 1.82) is 5.41 Å². The van der Waals surface area contributed by atoms with Crippen LogP contribution in [0.4, 0.5) is 10.2 Å². The molecule has 3 aromatic heterocycles. The van der Waals surface area contributed by atoms with Crippen LogP contribution in [0.5, 0.6) is 0 Å². The molecule has 8 nitrogen and oxygen atoms in total. The second kappa shape index (κ2) is 6.18. The average molecular weight is 312 g/mol. The van der Waals surface area contributed by atoms with Gasteiger partial charge in [0.25, 0.3) is 0 Å². The zero-order valence-electron chi connectivity index (χ0n) is 11.9. The van der Waals surface area contributed by atoms with Crippen molar-refractivity contribution in [3.63, 3.8) is 0 Å². The molecule has 0 saturated carbocycles. The number of fused-ring (bicyclic) bond motifs is 1. The molecule has 0 bridgehead atoms. The molecule has 0 amide bonds. The molecule has 4 N–H and O–H groups in total. The highest BCUT2D eigenvalue weighted by Gasteiger charge is 2.08. The normalized spacial score (nSPS) is 11.2. The van der Waals surface area contributed by atoms with E-state index in [4.69, 9.17) is 11.1 Å². The number of imidazole rings is 1. The van der Waals surface area contributed by atoms with Crippen molar-refractivity contribution in [2.75, 3.05) is 5.32 Å². The molecule has 9 heteroatoms. The van der Waals surface area contributed by atoms with E-state index in [2.05, 4.69) is 25.3 Å². The number of aromatic nitrogens is 5. The lowest BCUT2D eigenvalue weighted by molar-refractivity contribution is 0.609. The molecule has 0 unspecified atom stereocenters. The SMILES string of the molecule is N=C(/C=C\N)n1cnc2ccc(NCc3ncc(F)cn3)nc21. The monoisotopic (exact) mass is 312 g/mol. The Balaban J connectivity index is 1.83. The van der Waals surface area contributed by atoms with Gasteiger partial charge in [0.15, 0.2) is 11.5 Å². The molecule has 3 rings (SSSR count). The molecule has 0 spiro atoms. The Kier molecular flexibility index (Phi) is 3.91. The summed E-state index contributed by atoms with van der Waals surface area (Å²) in [6.45, 7) is 0.299. The Morgan fingerprint density at radius 2 is 2.09 bits per heavy atom. The maximum atomic E-state index is 12.8. The van der Waals surface area contributed by atoms with Gasteiger partial charge in [-0.2, -0.15) is 0 Å². The van der Waals surface area contributed by atoms with Crippen LogP contribution < -0.4 is 11.1 Å². The third-order valence-electron chi connectivity index (χ3n) is 3.01. The largest absolute Gasteiger partial charge is 0.404 e. The van der Waals surface area contributed by atoms with Crippen molar-refractivity contribution >= 4 is 22.8 Å². The van der Waals surface area contributed by atoms with E-state index < -0.39 is 5.82 Å². The number of nitrogens with zero attached hydrogens (tertiary/aromatic N) is 5. The fraction of sp³-hybridized carbons (Fsp3) is 0.0714. The van der Waals surface area contributed by atoms with Gasteiger partial charge in [-0.15, -0.1) is 0 Å². The summed E-state index contributed by atoms with van der Waals surface area (Å²) in [4.78, 5) is 16.3. The van der Waals surface area contributed by atoms with Crippen molar-refractivity contribution in [2.45, 2.75) is 6.54 Å². The molecule has 0 atom stereocenters. The minimum absolute atomic E-state index is 0.154. The molecular weight excluding hydrogens is 299 g/mol. The van der Waals surface area contributed by atoms with E-state index in [0.29, 0.717) is 29.4 Å². The molecular formula is C14H13FN8. The Morgan fingerprint density at radius 1 is 1.30 bits per heavy atom. The van der Waals surface area contributed by atoms with E-state index >= 15 is 0 Å². The van der Waals surface area contributed by atoms with Crippen LogP contribution >= 0.6 is 0 Å². The number of rotatable bonds is 4. The smallest absolute Gasteiger partial charge is 0.167 e. The number of halogens is 1. The van der Waals surface area contributed by atoms with Crippen molar-refractivity contribution in [1.82, 2.24) is 24.5 Å².